The highest BCUT2D eigenvalue weighted by Crippen LogP contribution is 2.37. The van der Waals surface area contributed by atoms with Gasteiger partial charge in [-0.2, -0.15) is 0 Å². The maximum atomic E-state index is 12.0. The van der Waals surface area contributed by atoms with Gasteiger partial charge in [0.25, 0.3) is 0 Å². The molecule has 0 aromatic rings. The van der Waals surface area contributed by atoms with Crippen LogP contribution in [0.1, 0.15) is 25.7 Å². The zero-order valence-electron chi connectivity index (χ0n) is 10.3. The van der Waals surface area contributed by atoms with Crippen LogP contribution in [0.3, 0.4) is 0 Å². The molecule has 1 aliphatic heterocycles. The molecule has 2 rings (SSSR count). The number of esters is 1. The van der Waals surface area contributed by atoms with Gasteiger partial charge in [0.2, 0.25) is 11.8 Å². The summed E-state index contributed by atoms with van der Waals surface area (Å²) in [6, 6.07) is 0. The summed E-state index contributed by atoms with van der Waals surface area (Å²) in [7, 11) is 0. The first kappa shape index (κ1) is 12.8. The van der Waals surface area contributed by atoms with E-state index in [9.17, 15) is 14.4 Å². The zero-order valence-corrected chi connectivity index (χ0v) is 10.3. The normalized spacial score (nSPS) is 27.0. The Labute approximate surface area is 106 Å². The van der Waals surface area contributed by atoms with Crippen LogP contribution < -0.4 is 0 Å². The molecule has 2 unspecified atom stereocenters. The molecule has 98 valence electrons. The van der Waals surface area contributed by atoms with Gasteiger partial charge >= 0.3 is 5.97 Å². The lowest BCUT2D eigenvalue weighted by Gasteiger charge is -2.19. The summed E-state index contributed by atoms with van der Waals surface area (Å²) in [4.78, 5) is 36.2. The minimum atomic E-state index is -0.536. The van der Waals surface area contributed by atoms with Gasteiger partial charge in [0.05, 0.1) is 18.4 Å². The van der Waals surface area contributed by atoms with Crippen molar-refractivity contribution in [2.24, 2.45) is 11.8 Å². The third-order valence-corrected chi connectivity index (χ3v) is 3.66. The summed E-state index contributed by atoms with van der Waals surface area (Å²) >= 11 is 0. The molecular formula is C13H17NO4. The molecule has 2 aliphatic rings. The molecule has 5 heteroatoms. The molecule has 2 fully saturated rings. The Kier molecular flexibility index (Phi) is 3.79. The molecule has 0 spiro atoms. The van der Waals surface area contributed by atoms with E-state index in [0.717, 1.165) is 31.8 Å². The van der Waals surface area contributed by atoms with Crippen LogP contribution in [-0.4, -0.2) is 35.8 Å². The molecule has 18 heavy (non-hydrogen) atoms. The number of carbonyl (C=O) groups is 3. The Morgan fingerprint density at radius 3 is 2.33 bits per heavy atom. The second-order valence-electron chi connectivity index (χ2n) is 4.70. The molecule has 2 amide bonds. The molecule has 0 aromatic carbocycles. The van der Waals surface area contributed by atoms with Gasteiger partial charge in [-0.15, -0.1) is 0 Å². The Bertz CT molecular complexity index is 366. The maximum Gasteiger partial charge on any atom is 0.330 e. The molecule has 1 saturated heterocycles. The Hall–Kier alpha value is -1.65. The maximum absolute atomic E-state index is 12.0. The van der Waals surface area contributed by atoms with Crippen LogP contribution >= 0.6 is 0 Å². The molecular weight excluding hydrogens is 234 g/mol. The average Bonchev–Trinajstić information content (AvgIpc) is 2.64. The average molecular weight is 251 g/mol. The Balaban J connectivity index is 1.92. The van der Waals surface area contributed by atoms with E-state index in [1.807, 2.05) is 0 Å². The van der Waals surface area contributed by atoms with Gasteiger partial charge in [-0.3, -0.25) is 14.5 Å². The number of carbonyl (C=O) groups excluding carboxylic acids is 3. The highest BCUT2D eigenvalue weighted by Gasteiger charge is 2.47. The standard InChI is InChI=1S/C13H17NO4/c1-2-11(15)18-8-7-14-12(16)9-5-3-4-6-10(9)13(14)17/h2,9-10H,1,3-8H2. The summed E-state index contributed by atoms with van der Waals surface area (Å²) < 4.78 is 4.80. The number of likely N-dealkylation sites (tertiary alicyclic amines) is 1. The van der Waals surface area contributed by atoms with E-state index in [-0.39, 0.29) is 36.8 Å². The molecule has 5 nitrogen and oxygen atoms in total. The topological polar surface area (TPSA) is 63.7 Å². The van der Waals surface area contributed by atoms with E-state index in [0.29, 0.717) is 0 Å². The van der Waals surface area contributed by atoms with Crippen molar-refractivity contribution in [3.63, 3.8) is 0 Å². The SMILES string of the molecule is C=CC(=O)OCCN1C(=O)C2CCCCC2C1=O. The first-order valence-electron chi connectivity index (χ1n) is 6.29. The van der Waals surface area contributed by atoms with Crippen molar-refractivity contribution in [3.8, 4) is 0 Å². The Morgan fingerprint density at radius 1 is 1.28 bits per heavy atom. The quantitative estimate of drug-likeness (QED) is 0.423. The molecule has 1 aliphatic carbocycles. The largest absolute Gasteiger partial charge is 0.461 e. The molecule has 0 bridgehead atoms. The number of ether oxygens (including phenoxy) is 1. The first-order valence-corrected chi connectivity index (χ1v) is 6.29. The second-order valence-corrected chi connectivity index (χ2v) is 4.70. The fraction of sp³-hybridized carbons (Fsp3) is 0.615. The minimum Gasteiger partial charge on any atom is -0.461 e. The lowest BCUT2D eigenvalue weighted by Crippen LogP contribution is -2.34. The van der Waals surface area contributed by atoms with Crippen LogP contribution in [0.25, 0.3) is 0 Å². The van der Waals surface area contributed by atoms with Crippen molar-refractivity contribution in [1.82, 2.24) is 4.90 Å². The molecule has 1 heterocycles. The van der Waals surface area contributed by atoms with Crippen molar-refractivity contribution in [2.45, 2.75) is 25.7 Å². The molecule has 0 N–H and O–H groups in total. The van der Waals surface area contributed by atoms with Crippen LogP contribution in [0.4, 0.5) is 0 Å². The van der Waals surface area contributed by atoms with Crippen molar-refractivity contribution in [3.05, 3.63) is 12.7 Å². The number of hydrogen-bond donors (Lipinski definition) is 0. The van der Waals surface area contributed by atoms with E-state index in [1.165, 1.54) is 4.90 Å². The summed E-state index contributed by atoms with van der Waals surface area (Å²) in [6.45, 7) is 3.48. The predicted octanol–water partition coefficient (Wildman–Crippen LogP) is 0.891. The van der Waals surface area contributed by atoms with Gasteiger partial charge in [-0.25, -0.2) is 4.79 Å². The van der Waals surface area contributed by atoms with Gasteiger partial charge in [-0.05, 0) is 12.8 Å². The van der Waals surface area contributed by atoms with Gasteiger partial charge in [0.1, 0.15) is 6.61 Å². The number of rotatable bonds is 4. The lowest BCUT2D eigenvalue weighted by molar-refractivity contribution is -0.145. The van der Waals surface area contributed by atoms with Crippen molar-refractivity contribution >= 4 is 17.8 Å². The van der Waals surface area contributed by atoms with Crippen LogP contribution in [-0.2, 0) is 19.1 Å². The predicted molar refractivity (Wildman–Crippen MR) is 63.3 cm³/mol. The molecule has 1 saturated carbocycles. The fourth-order valence-electron chi connectivity index (χ4n) is 2.75. The third-order valence-electron chi connectivity index (χ3n) is 3.66. The van der Waals surface area contributed by atoms with E-state index < -0.39 is 5.97 Å². The fourth-order valence-corrected chi connectivity index (χ4v) is 2.75. The number of nitrogens with zero attached hydrogens (tertiary/aromatic N) is 1. The van der Waals surface area contributed by atoms with Crippen LogP contribution in [0.15, 0.2) is 12.7 Å². The lowest BCUT2D eigenvalue weighted by atomic mass is 9.81. The summed E-state index contributed by atoms with van der Waals surface area (Å²) in [5.74, 6) is -1.01. The number of imide groups is 1. The number of amides is 2. The number of fused-ring (bicyclic) bond motifs is 1. The molecule has 0 radical (unpaired) electrons. The van der Waals surface area contributed by atoms with Gasteiger partial charge in [0, 0.05) is 6.08 Å². The minimum absolute atomic E-state index is 0.0434. The smallest absolute Gasteiger partial charge is 0.330 e. The van der Waals surface area contributed by atoms with Crippen molar-refractivity contribution < 1.29 is 19.1 Å². The van der Waals surface area contributed by atoms with Crippen molar-refractivity contribution in [2.75, 3.05) is 13.2 Å². The first-order chi connectivity index (χ1) is 8.65. The highest BCUT2D eigenvalue weighted by atomic mass is 16.5. The van der Waals surface area contributed by atoms with Gasteiger partial charge < -0.3 is 4.74 Å². The van der Waals surface area contributed by atoms with Crippen LogP contribution in [0.2, 0.25) is 0 Å². The summed E-state index contributed by atoms with van der Waals surface area (Å²) in [6.07, 6.45) is 4.70. The highest BCUT2D eigenvalue weighted by molar-refractivity contribution is 6.05. The van der Waals surface area contributed by atoms with E-state index in [2.05, 4.69) is 6.58 Å². The van der Waals surface area contributed by atoms with E-state index in [1.54, 1.807) is 0 Å². The van der Waals surface area contributed by atoms with E-state index >= 15 is 0 Å². The van der Waals surface area contributed by atoms with E-state index in [4.69, 9.17) is 4.74 Å². The molecule has 0 aromatic heterocycles. The third kappa shape index (κ3) is 2.30. The molecule has 2 atom stereocenters. The summed E-state index contributed by atoms with van der Waals surface area (Å²) in [5, 5.41) is 0. The van der Waals surface area contributed by atoms with Crippen molar-refractivity contribution in [1.29, 1.82) is 0 Å². The Morgan fingerprint density at radius 2 is 1.83 bits per heavy atom. The summed E-state index contributed by atoms with van der Waals surface area (Å²) in [5.41, 5.74) is 0. The van der Waals surface area contributed by atoms with Gasteiger partial charge in [0.15, 0.2) is 0 Å². The van der Waals surface area contributed by atoms with Crippen LogP contribution in [0.5, 0.6) is 0 Å². The zero-order chi connectivity index (χ0) is 13.1. The monoisotopic (exact) mass is 251 g/mol. The van der Waals surface area contributed by atoms with Crippen LogP contribution in [0, 0.1) is 11.8 Å². The number of hydrogen-bond acceptors (Lipinski definition) is 4. The van der Waals surface area contributed by atoms with Gasteiger partial charge in [-0.1, -0.05) is 19.4 Å². The second kappa shape index (κ2) is 5.33.